The van der Waals surface area contributed by atoms with Crippen LogP contribution >= 0.6 is 11.3 Å². The van der Waals surface area contributed by atoms with Crippen molar-refractivity contribution >= 4 is 11.3 Å². The maximum atomic E-state index is 8.85. The molecule has 3 nitrogen and oxygen atoms in total. The third kappa shape index (κ3) is 3.03. The molecule has 1 fully saturated rings. The Morgan fingerprint density at radius 1 is 1.56 bits per heavy atom. The molecule has 1 aliphatic heterocycles. The summed E-state index contributed by atoms with van der Waals surface area (Å²) in [7, 11) is 2.21. The van der Waals surface area contributed by atoms with E-state index in [-0.39, 0.29) is 6.61 Å². The molecule has 16 heavy (non-hydrogen) atoms. The van der Waals surface area contributed by atoms with Gasteiger partial charge in [-0.25, -0.2) is 4.98 Å². The van der Waals surface area contributed by atoms with Gasteiger partial charge in [-0.15, -0.1) is 11.3 Å². The van der Waals surface area contributed by atoms with Gasteiger partial charge in [-0.2, -0.15) is 0 Å². The number of likely N-dealkylation sites (N-methyl/N-ethyl adjacent to an activating group) is 1. The van der Waals surface area contributed by atoms with Crippen LogP contribution in [0.15, 0.2) is 5.38 Å². The highest BCUT2D eigenvalue weighted by molar-refractivity contribution is 7.09. The lowest BCUT2D eigenvalue weighted by atomic mass is 10.0. The molecule has 0 saturated carbocycles. The molecule has 2 heterocycles. The number of thiazole rings is 1. The van der Waals surface area contributed by atoms with Crippen LogP contribution in [0, 0.1) is 0 Å². The summed E-state index contributed by atoms with van der Waals surface area (Å²) < 4.78 is 0. The van der Waals surface area contributed by atoms with Crippen LogP contribution in [-0.4, -0.2) is 41.2 Å². The quantitative estimate of drug-likeness (QED) is 0.870. The predicted molar refractivity (Wildman–Crippen MR) is 66.9 cm³/mol. The van der Waals surface area contributed by atoms with Gasteiger partial charge in [0.1, 0.15) is 0 Å². The molecule has 1 saturated heterocycles. The van der Waals surface area contributed by atoms with Crippen molar-refractivity contribution in [3.63, 3.8) is 0 Å². The maximum absolute atomic E-state index is 8.85. The second-order valence-electron chi connectivity index (χ2n) is 4.54. The van der Waals surface area contributed by atoms with Crippen molar-refractivity contribution in [2.75, 3.05) is 20.2 Å². The number of aliphatic hydroxyl groups excluding tert-OH is 1. The number of rotatable bonds is 4. The highest BCUT2D eigenvalue weighted by Crippen LogP contribution is 2.21. The molecule has 1 N–H and O–H groups in total. The smallest absolute Gasteiger partial charge is 0.0943 e. The SMILES string of the molecule is CN1CCCCC1Cc1nc(CCO)cs1. The summed E-state index contributed by atoms with van der Waals surface area (Å²) in [5.74, 6) is 0. The number of aromatic nitrogens is 1. The van der Waals surface area contributed by atoms with E-state index in [1.165, 1.54) is 30.8 Å². The fourth-order valence-corrected chi connectivity index (χ4v) is 3.18. The van der Waals surface area contributed by atoms with E-state index in [1.54, 1.807) is 11.3 Å². The lowest BCUT2D eigenvalue weighted by Gasteiger charge is -2.31. The average Bonchev–Trinajstić information content (AvgIpc) is 2.70. The fraction of sp³-hybridized carbons (Fsp3) is 0.750. The summed E-state index contributed by atoms with van der Waals surface area (Å²) in [5, 5.41) is 12.2. The minimum absolute atomic E-state index is 0.201. The Kier molecular flexibility index (Phi) is 4.32. The molecule has 1 aromatic heterocycles. The van der Waals surface area contributed by atoms with Crippen molar-refractivity contribution in [1.29, 1.82) is 0 Å². The van der Waals surface area contributed by atoms with Gasteiger partial charge in [-0.3, -0.25) is 0 Å². The Labute approximate surface area is 101 Å². The summed E-state index contributed by atoms with van der Waals surface area (Å²) in [6.45, 7) is 1.42. The van der Waals surface area contributed by atoms with E-state index in [0.717, 1.165) is 12.1 Å². The van der Waals surface area contributed by atoms with Crippen molar-refractivity contribution in [3.05, 3.63) is 16.1 Å². The molecule has 0 aromatic carbocycles. The molecule has 0 bridgehead atoms. The van der Waals surface area contributed by atoms with Crippen LogP contribution in [0.5, 0.6) is 0 Å². The van der Waals surface area contributed by atoms with E-state index >= 15 is 0 Å². The zero-order valence-corrected chi connectivity index (χ0v) is 10.7. The average molecular weight is 240 g/mol. The van der Waals surface area contributed by atoms with Crippen LogP contribution in [0.3, 0.4) is 0 Å². The van der Waals surface area contributed by atoms with Gasteiger partial charge in [-0.05, 0) is 26.4 Å². The van der Waals surface area contributed by atoms with Crippen LogP contribution in [0.2, 0.25) is 0 Å². The van der Waals surface area contributed by atoms with Gasteiger partial charge in [0.25, 0.3) is 0 Å². The number of hydrogen-bond acceptors (Lipinski definition) is 4. The number of likely N-dealkylation sites (tertiary alicyclic amines) is 1. The van der Waals surface area contributed by atoms with Crippen LogP contribution in [0.1, 0.15) is 30.0 Å². The molecule has 1 unspecified atom stereocenters. The largest absolute Gasteiger partial charge is 0.396 e. The molecule has 0 aliphatic carbocycles. The first kappa shape index (κ1) is 12.0. The maximum Gasteiger partial charge on any atom is 0.0943 e. The van der Waals surface area contributed by atoms with Gasteiger partial charge in [0, 0.05) is 30.9 Å². The highest BCUT2D eigenvalue weighted by Gasteiger charge is 2.20. The van der Waals surface area contributed by atoms with Crippen LogP contribution < -0.4 is 0 Å². The predicted octanol–water partition coefficient (Wildman–Crippen LogP) is 1.70. The molecule has 4 heteroatoms. The minimum atomic E-state index is 0.201. The van der Waals surface area contributed by atoms with Crippen molar-refractivity contribution in [1.82, 2.24) is 9.88 Å². The Morgan fingerprint density at radius 3 is 3.19 bits per heavy atom. The normalized spacial score (nSPS) is 22.5. The van der Waals surface area contributed by atoms with Gasteiger partial charge in [0.2, 0.25) is 0 Å². The van der Waals surface area contributed by atoms with E-state index < -0.39 is 0 Å². The van der Waals surface area contributed by atoms with E-state index in [9.17, 15) is 0 Å². The summed E-state index contributed by atoms with van der Waals surface area (Å²) in [6, 6.07) is 0.668. The number of nitrogens with zero attached hydrogens (tertiary/aromatic N) is 2. The Hall–Kier alpha value is -0.450. The molecule has 0 amide bonds. The first-order chi connectivity index (χ1) is 7.79. The van der Waals surface area contributed by atoms with E-state index in [4.69, 9.17) is 5.11 Å². The molecular formula is C12H20N2OS. The standard InChI is InChI=1S/C12H20N2OS/c1-14-6-3-2-4-11(14)8-12-13-10(5-7-15)9-16-12/h9,11,15H,2-8H2,1H3. The van der Waals surface area contributed by atoms with Gasteiger partial charge in [0.15, 0.2) is 0 Å². The Morgan fingerprint density at radius 2 is 2.44 bits per heavy atom. The van der Waals surface area contributed by atoms with E-state index in [0.29, 0.717) is 12.5 Å². The number of hydrogen-bond donors (Lipinski definition) is 1. The molecule has 1 atom stereocenters. The number of piperidine rings is 1. The fourth-order valence-electron chi connectivity index (χ4n) is 2.28. The van der Waals surface area contributed by atoms with Gasteiger partial charge in [-0.1, -0.05) is 6.42 Å². The topological polar surface area (TPSA) is 36.4 Å². The lowest BCUT2D eigenvalue weighted by molar-refractivity contribution is 0.184. The number of aliphatic hydroxyl groups is 1. The monoisotopic (exact) mass is 240 g/mol. The summed E-state index contributed by atoms with van der Waals surface area (Å²) in [5.41, 5.74) is 1.04. The van der Waals surface area contributed by atoms with Crippen molar-refractivity contribution < 1.29 is 5.11 Å². The summed E-state index contributed by atoms with van der Waals surface area (Å²) >= 11 is 1.74. The summed E-state index contributed by atoms with van der Waals surface area (Å²) in [6.07, 6.45) is 5.75. The second-order valence-corrected chi connectivity index (χ2v) is 5.48. The van der Waals surface area contributed by atoms with Crippen molar-refractivity contribution in [2.45, 2.75) is 38.1 Å². The second kappa shape index (κ2) is 5.75. The lowest BCUT2D eigenvalue weighted by Crippen LogP contribution is -2.37. The van der Waals surface area contributed by atoms with Crippen LogP contribution in [-0.2, 0) is 12.8 Å². The van der Waals surface area contributed by atoms with Crippen molar-refractivity contribution in [2.24, 2.45) is 0 Å². The van der Waals surface area contributed by atoms with Crippen molar-refractivity contribution in [3.8, 4) is 0 Å². The Bertz CT molecular complexity index is 327. The molecule has 2 rings (SSSR count). The Balaban J connectivity index is 1.91. The third-order valence-electron chi connectivity index (χ3n) is 3.30. The zero-order valence-electron chi connectivity index (χ0n) is 9.85. The first-order valence-electron chi connectivity index (χ1n) is 6.04. The third-order valence-corrected chi connectivity index (χ3v) is 4.22. The first-order valence-corrected chi connectivity index (χ1v) is 6.92. The minimum Gasteiger partial charge on any atom is -0.396 e. The molecular weight excluding hydrogens is 220 g/mol. The van der Waals surface area contributed by atoms with Gasteiger partial charge < -0.3 is 10.0 Å². The van der Waals surface area contributed by atoms with Crippen LogP contribution in [0.4, 0.5) is 0 Å². The molecule has 0 radical (unpaired) electrons. The van der Waals surface area contributed by atoms with Gasteiger partial charge in [0.05, 0.1) is 10.7 Å². The van der Waals surface area contributed by atoms with E-state index in [2.05, 4.69) is 22.3 Å². The zero-order chi connectivity index (χ0) is 11.4. The highest BCUT2D eigenvalue weighted by atomic mass is 32.1. The summed E-state index contributed by atoms with van der Waals surface area (Å²) in [4.78, 5) is 7.02. The molecule has 1 aromatic rings. The van der Waals surface area contributed by atoms with Gasteiger partial charge >= 0.3 is 0 Å². The molecule has 90 valence electrons. The van der Waals surface area contributed by atoms with E-state index in [1.807, 2.05) is 0 Å². The van der Waals surface area contributed by atoms with Crippen LogP contribution in [0.25, 0.3) is 0 Å². The molecule has 1 aliphatic rings. The molecule has 0 spiro atoms.